The van der Waals surface area contributed by atoms with E-state index in [-0.39, 0.29) is 10.8 Å². The van der Waals surface area contributed by atoms with Gasteiger partial charge in [-0.2, -0.15) is 0 Å². The Balaban J connectivity index is 2.22. The van der Waals surface area contributed by atoms with E-state index in [1.165, 1.54) is 12.1 Å². The maximum atomic E-state index is 12.5. The lowest BCUT2D eigenvalue weighted by Gasteiger charge is -2.21. The zero-order valence-corrected chi connectivity index (χ0v) is 15.9. The van der Waals surface area contributed by atoms with Crippen LogP contribution in [0.5, 0.6) is 0 Å². The molecule has 0 saturated heterocycles. The average Bonchev–Trinajstić information content (AvgIpc) is 2.57. The molecule has 0 spiro atoms. The van der Waals surface area contributed by atoms with E-state index in [1.807, 2.05) is 20.8 Å². The number of amides is 1. The summed E-state index contributed by atoms with van der Waals surface area (Å²) < 4.78 is 27.5. The third-order valence-electron chi connectivity index (χ3n) is 4.00. The molecule has 0 fully saturated rings. The lowest BCUT2D eigenvalue weighted by molar-refractivity contribution is -0.124. The van der Waals surface area contributed by atoms with Gasteiger partial charge in [0.2, 0.25) is 5.91 Å². The topological polar surface area (TPSA) is 75.3 Å². The van der Waals surface area contributed by atoms with E-state index < -0.39 is 15.4 Å². The predicted octanol–water partition coefficient (Wildman–Crippen LogP) is 4.52. The smallest absolute Gasteiger partial charge is 0.261 e. The maximum absolute atomic E-state index is 12.5. The molecule has 0 atom stereocenters. The Kier molecular flexibility index (Phi) is 5.75. The van der Waals surface area contributed by atoms with Gasteiger partial charge in [0.25, 0.3) is 10.0 Å². The summed E-state index contributed by atoms with van der Waals surface area (Å²) in [5.74, 6) is -0.157. The molecule has 0 aliphatic heterocycles. The number of nitrogens with one attached hydrogen (secondary N) is 2. The van der Waals surface area contributed by atoms with Crippen LogP contribution >= 0.6 is 11.6 Å². The number of carbonyl (C=O) groups excluding carboxylic acids is 1. The van der Waals surface area contributed by atoms with Crippen molar-refractivity contribution in [3.05, 3.63) is 53.6 Å². The van der Waals surface area contributed by atoms with Crippen LogP contribution in [0.4, 0.5) is 11.4 Å². The number of carbonyl (C=O) groups is 1. The van der Waals surface area contributed by atoms with E-state index in [2.05, 4.69) is 10.0 Å². The molecule has 0 heterocycles. The van der Waals surface area contributed by atoms with Crippen LogP contribution in [0.1, 0.15) is 27.2 Å². The van der Waals surface area contributed by atoms with Crippen molar-refractivity contribution in [1.82, 2.24) is 0 Å². The van der Waals surface area contributed by atoms with E-state index in [0.717, 1.165) is 0 Å². The predicted molar refractivity (Wildman–Crippen MR) is 101 cm³/mol. The Morgan fingerprint density at radius 3 is 2.32 bits per heavy atom. The molecule has 2 aromatic carbocycles. The summed E-state index contributed by atoms with van der Waals surface area (Å²) in [5.41, 5.74) is 0.313. The molecule has 0 aliphatic carbocycles. The van der Waals surface area contributed by atoms with Crippen LogP contribution in [0, 0.1) is 5.41 Å². The zero-order valence-electron chi connectivity index (χ0n) is 14.3. The Morgan fingerprint density at radius 1 is 1.08 bits per heavy atom. The van der Waals surface area contributed by atoms with E-state index in [4.69, 9.17) is 11.6 Å². The highest BCUT2D eigenvalue weighted by molar-refractivity contribution is 7.92. The second kappa shape index (κ2) is 7.45. The van der Waals surface area contributed by atoms with Crippen molar-refractivity contribution in [3.63, 3.8) is 0 Å². The van der Waals surface area contributed by atoms with Gasteiger partial charge in [-0.05, 0) is 48.9 Å². The summed E-state index contributed by atoms with van der Waals surface area (Å²) in [7, 11) is -3.77. The Bertz CT molecular complexity index is 862. The molecule has 0 bridgehead atoms. The summed E-state index contributed by atoms with van der Waals surface area (Å²) in [6.07, 6.45) is 0.676. The van der Waals surface area contributed by atoms with E-state index in [0.29, 0.717) is 22.8 Å². The van der Waals surface area contributed by atoms with Gasteiger partial charge in [0.05, 0.1) is 4.90 Å². The molecule has 7 heteroatoms. The number of benzene rings is 2. The zero-order chi connectivity index (χ0) is 18.7. The minimum absolute atomic E-state index is 0.0644. The van der Waals surface area contributed by atoms with Gasteiger partial charge in [-0.3, -0.25) is 9.52 Å². The fourth-order valence-corrected chi connectivity index (χ4v) is 3.16. The molecule has 1 amide bonds. The molecular weight excluding hydrogens is 360 g/mol. The standard InChI is InChI=1S/C18H21ClN2O3S/c1-4-18(2,3)17(22)20-15-6-5-7-16(12-15)25(23,24)21-14-10-8-13(19)9-11-14/h5-12,21H,4H2,1-3H3,(H,20,22). The van der Waals surface area contributed by atoms with Crippen molar-refractivity contribution in [1.29, 1.82) is 0 Å². The van der Waals surface area contributed by atoms with Crippen LogP contribution in [0.2, 0.25) is 5.02 Å². The molecule has 25 heavy (non-hydrogen) atoms. The van der Waals surface area contributed by atoms with Crippen molar-refractivity contribution in [3.8, 4) is 0 Å². The van der Waals surface area contributed by atoms with Crippen molar-refractivity contribution < 1.29 is 13.2 Å². The highest BCUT2D eigenvalue weighted by atomic mass is 35.5. The maximum Gasteiger partial charge on any atom is 0.261 e. The summed E-state index contributed by atoms with van der Waals surface area (Å²) >= 11 is 5.80. The van der Waals surface area contributed by atoms with Gasteiger partial charge in [-0.25, -0.2) is 8.42 Å². The molecule has 0 unspecified atom stereocenters. The fourth-order valence-electron chi connectivity index (χ4n) is 1.93. The fraction of sp³-hybridized carbons (Fsp3) is 0.278. The van der Waals surface area contributed by atoms with Crippen LogP contribution < -0.4 is 10.0 Å². The SMILES string of the molecule is CCC(C)(C)C(=O)Nc1cccc(S(=O)(=O)Nc2ccc(Cl)cc2)c1. The van der Waals surface area contributed by atoms with Gasteiger partial charge < -0.3 is 5.32 Å². The van der Waals surface area contributed by atoms with Crippen LogP contribution in [0.15, 0.2) is 53.4 Å². The lowest BCUT2D eigenvalue weighted by Crippen LogP contribution is -2.30. The van der Waals surface area contributed by atoms with Crippen LogP contribution in [0.25, 0.3) is 0 Å². The molecule has 2 rings (SSSR count). The molecule has 0 aromatic heterocycles. The second-order valence-electron chi connectivity index (χ2n) is 6.33. The number of anilines is 2. The molecule has 0 saturated carbocycles. The van der Waals surface area contributed by atoms with Gasteiger partial charge in [0, 0.05) is 21.8 Å². The van der Waals surface area contributed by atoms with Crippen LogP contribution in [0.3, 0.4) is 0 Å². The van der Waals surface area contributed by atoms with Crippen LogP contribution in [-0.2, 0) is 14.8 Å². The first-order valence-electron chi connectivity index (χ1n) is 7.84. The molecule has 5 nitrogen and oxygen atoms in total. The molecule has 134 valence electrons. The highest BCUT2D eigenvalue weighted by Crippen LogP contribution is 2.24. The highest BCUT2D eigenvalue weighted by Gasteiger charge is 2.25. The van der Waals surface area contributed by atoms with Gasteiger partial charge in [-0.1, -0.05) is 38.4 Å². The number of halogens is 1. The summed E-state index contributed by atoms with van der Waals surface area (Å²) in [4.78, 5) is 12.3. The van der Waals surface area contributed by atoms with Crippen molar-refractivity contribution in [2.45, 2.75) is 32.1 Å². The largest absolute Gasteiger partial charge is 0.326 e. The number of hydrogen-bond donors (Lipinski definition) is 2. The normalized spacial score (nSPS) is 11.8. The number of hydrogen-bond acceptors (Lipinski definition) is 3. The van der Waals surface area contributed by atoms with Crippen molar-refractivity contribution in [2.24, 2.45) is 5.41 Å². The average molecular weight is 381 g/mol. The molecule has 0 radical (unpaired) electrons. The number of rotatable bonds is 6. The number of sulfonamides is 1. The van der Waals surface area contributed by atoms with E-state index >= 15 is 0 Å². The van der Waals surface area contributed by atoms with Gasteiger partial charge in [-0.15, -0.1) is 0 Å². The monoisotopic (exact) mass is 380 g/mol. The minimum atomic E-state index is -3.77. The summed E-state index contributed by atoms with van der Waals surface area (Å²) in [6, 6.07) is 12.5. The minimum Gasteiger partial charge on any atom is -0.326 e. The first-order valence-corrected chi connectivity index (χ1v) is 9.70. The molecular formula is C18H21ClN2O3S. The summed E-state index contributed by atoms with van der Waals surface area (Å²) in [5, 5.41) is 3.29. The molecule has 0 aliphatic rings. The third kappa shape index (κ3) is 4.96. The Labute approximate surface area is 153 Å². The Morgan fingerprint density at radius 2 is 1.72 bits per heavy atom. The Hall–Kier alpha value is -2.05. The summed E-state index contributed by atoms with van der Waals surface area (Å²) in [6.45, 7) is 5.60. The van der Waals surface area contributed by atoms with Gasteiger partial charge in [0.15, 0.2) is 0 Å². The van der Waals surface area contributed by atoms with Gasteiger partial charge >= 0.3 is 0 Å². The van der Waals surface area contributed by atoms with Crippen molar-refractivity contribution in [2.75, 3.05) is 10.0 Å². The lowest BCUT2D eigenvalue weighted by atomic mass is 9.89. The van der Waals surface area contributed by atoms with Gasteiger partial charge in [0.1, 0.15) is 0 Å². The molecule has 2 N–H and O–H groups in total. The molecule has 2 aromatic rings. The first-order chi connectivity index (χ1) is 11.6. The first kappa shape index (κ1) is 19.3. The van der Waals surface area contributed by atoms with E-state index in [1.54, 1.807) is 36.4 Å². The quantitative estimate of drug-likeness (QED) is 0.773. The van der Waals surface area contributed by atoms with Crippen molar-refractivity contribution >= 4 is 38.9 Å². The third-order valence-corrected chi connectivity index (χ3v) is 5.63. The van der Waals surface area contributed by atoms with E-state index in [9.17, 15) is 13.2 Å². The van der Waals surface area contributed by atoms with Crippen LogP contribution in [-0.4, -0.2) is 14.3 Å². The second-order valence-corrected chi connectivity index (χ2v) is 8.45.